The molecule has 0 saturated carbocycles. The van der Waals surface area contributed by atoms with Crippen molar-refractivity contribution >= 4 is 17.3 Å². The molecule has 3 N–H and O–H groups in total. The molecule has 2 aromatic rings. The molecule has 0 spiro atoms. The number of nitrogens with zero attached hydrogens (tertiary/aromatic N) is 3. The van der Waals surface area contributed by atoms with Crippen LogP contribution in [0.1, 0.15) is 25.0 Å². The molecule has 5 nitrogen and oxygen atoms in total. The Morgan fingerprint density at radius 3 is 2.43 bits per heavy atom. The third kappa shape index (κ3) is 5.04. The second-order valence-electron chi connectivity index (χ2n) is 8.51. The lowest BCUT2D eigenvalue weighted by Gasteiger charge is -2.32. The van der Waals surface area contributed by atoms with Crippen LogP contribution < -0.4 is 16.0 Å². The first kappa shape index (κ1) is 20.2. The van der Waals surface area contributed by atoms with E-state index >= 15 is 0 Å². The van der Waals surface area contributed by atoms with Gasteiger partial charge in [0.15, 0.2) is 5.96 Å². The van der Waals surface area contributed by atoms with Crippen molar-refractivity contribution in [3.8, 4) is 0 Å². The molecular formula is C23H33N5. The van der Waals surface area contributed by atoms with Crippen LogP contribution in [0.3, 0.4) is 0 Å². The van der Waals surface area contributed by atoms with Gasteiger partial charge in [-0.15, -0.1) is 0 Å². The van der Waals surface area contributed by atoms with E-state index in [9.17, 15) is 0 Å². The lowest BCUT2D eigenvalue weighted by molar-refractivity contribution is 0.371. The zero-order valence-electron chi connectivity index (χ0n) is 17.6. The Balaban J connectivity index is 1.82. The zero-order valence-corrected chi connectivity index (χ0v) is 17.6. The number of hydrogen-bond donors (Lipinski definition) is 2. The third-order valence-electron chi connectivity index (χ3n) is 5.28. The fourth-order valence-corrected chi connectivity index (χ4v) is 3.22. The van der Waals surface area contributed by atoms with Crippen molar-refractivity contribution in [1.82, 2.24) is 4.90 Å². The van der Waals surface area contributed by atoms with E-state index in [-0.39, 0.29) is 5.41 Å². The van der Waals surface area contributed by atoms with Crippen molar-refractivity contribution in [3.05, 3.63) is 59.7 Å². The third-order valence-corrected chi connectivity index (χ3v) is 5.28. The monoisotopic (exact) mass is 379 g/mol. The fourth-order valence-electron chi connectivity index (χ4n) is 3.22. The molecule has 2 aromatic carbocycles. The van der Waals surface area contributed by atoms with Crippen LogP contribution in [0.25, 0.3) is 0 Å². The lowest BCUT2D eigenvalue weighted by Crippen LogP contribution is -2.41. The quantitative estimate of drug-likeness (QED) is 0.616. The highest BCUT2D eigenvalue weighted by Crippen LogP contribution is 2.22. The second kappa shape index (κ2) is 8.65. The number of nitrogens with two attached hydrogens (primary N) is 1. The number of nitrogens with one attached hydrogen (secondary N) is 1. The van der Waals surface area contributed by atoms with Crippen LogP contribution >= 0.6 is 0 Å². The van der Waals surface area contributed by atoms with Gasteiger partial charge in [0.2, 0.25) is 0 Å². The molecule has 1 heterocycles. The SMILES string of the molecule is CN(C)c1ccc(NC(=NCC(C)(C)CN)N2CCc3ccccc3C2)cc1. The highest BCUT2D eigenvalue weighted by atomic mass is 15.3. The van der Waals surface area contributed by atoms with E-state index in [1.165, 1.54) is 16.8 Å². The zero-order chi connectivity index (χ0) is 20.1. The Hall–Kier alpha value is -2.53. The summed E-state index contributed by atoms with van der Waals surface area (Å²) in [6.07, 6.45) is 1.04. The maximum atomic E-state index is 5.92. The molecule has 0 radical (unpaired) electrons. The van der Waals surface area contributed by atoms with Gasteiger partial charge in [0.1, 0.15) is 0 Å². The molecule has 5 heteroatoms. The Kier molecular flexibility index (Phi) is 6.25. The highest BCUT2D eigenvalue weighted by molar-refractivity contribution is 5.94. The molecule has 28 heavy (non-hydrogen) atoms. The highest BCUT2D eigenvalue weighted by Gasteiger charge is 2.21. The summed E-state index contributed by atoms with van der Waals surface area (Å²) in [6, 6.07) is 17.1. The van der Waals surface area contributed by atoms with Crippen molar-refractivity contribution in [2.24, 2.45) is 16.1 Å². The standard InChI is InChI=1S/C23H33N5/c1-23(2,16-24)17-25-22(26-20-9-11-21(12-10-20)27(3)4)28-14-13-18-7-5-6-8-19(18)15-28/h5-12H,13-17,24H2,1-4H3,(H,25,26). The maximum Gasteiger partial charge on any atom is 0.198 e. The van der Waals surface area contributed by atoms with E-state index in [0.717, 1.165) is 31.2 Å². The average molecular weight is 380 g/mol. The van der Waals surface area contributed by atoms with Crippen LogP contribution in [-0.2, 0) is 13.0 Å². The van der Waals surface area contributed by atoms with Gasteiger partial charge in [0.05, 0.1) is 0 Å². The largest absolute Gasteiger partial charge is 0.378 e. The van der Waals surface area contributed by atoms with E-state index in [2.05, 4.69) is 91.6 Å². The number of anilines is 2. The molecule has 1 aliphatic rings. The number of fused-ring (bicyclic) bond motifs is 1. The molecule has 1 aliphatic heterocycles. The van der Waals surface area contributed by atoms with Crippen LogP contribution in [-0.4, -0.2) is 44.6 Å². The van der Waals surface area contributed by atoms with Gasteiger partial charge in [-0.3, -0.25) is 4.99 Å². The summed E-state index contributed by atoms with van der Waals surface area (Å²) in [7, 11) is 4.10. The van der Waals surface area contributed by atoms with Gasteiger partial charge in [-0.25, -0.2) is 0 Å². The minimum absolute atomic E-state index is 0.0184. The average Bonchev–Trinajstić information content (AvgIpc) is 2.71. The molecule has 0 aromatic heterocycles. The number of benzene rings is 2. The fraction of sp³-hybridized carbons (Fsp3) is 0.435. The molecule has 0 bridgehead atoms. The number of aliphatic imine (C=N–C) groups is 1. The Morgan fingerprint density at radius 2 is 1.79 bits per heavy atom. The van der Waals surface area contributed by atoms with Crippen molar-refractivity contribution in [1.29, 1.82) is 0 Å². The predicted molar refractivity (Wildman–Crippen MR) is 120 cm³/mol. The van der Waals surface area contributed by atoms with Crippen molar-refractivity contribution in [2.75, 3.05) is 43.9 Å². The Labute approximate surface area is 169 Å². The van der Waals surface area contributed by atoms with E-state index < -0.39 is 0 Å². The summed E-state index contributed by atoms with van der Waals surface area (Å²) in [5.41, 5.74) is 11.0. The van der Waals surface area contributed by atoms with Gasteiger partial charge in [0, 0.05) is 45.1 Å². The van der Waals surface area contributed by atoms with Crippen LogP contribution in [0.2, 0.25) is 0 Å². The predicted octanol–water partition coefficient (Wildman–Crippen LogP) is 3.56. The second-order valence-corrected chi connectivity index (χ2v) is 8.51. The topological polar surface area (TPSA) is 56.9 Å². The first-order chi connectivity index (χ1) is 13.4. The minimum atomic E-state index is -0.0184. The number of rotatable bonds is 5. The van der Waals surface area contributed by atoms with Gasteiger partial charge < -0.3 is 20.9 Å². The van der Waals surface area contributed by atoms with Crippen LogP contribution in [0.5, 0.6) is 0 Å². The molecule has 0 atom stereocenters. The van der Waals surface area contributed by atoms with Gasteiger partial charge in [0.25, 0.3) is 0 Å². The summed E-state index contributed by atoms with van der Waals surface area (Å²) in [6.45, 7) is 7.46. The first-order valence-electron chi connectivity index (χ1n) is 9.99. The van der Waals surface area contributed by atoms with Crippen LogP contribution in [0.4, 0.5) is 11.4 Å². The van der Waals surface area contributed by atoms with Crippen LogP contribution in [0.15, 0.2) is 53.5 Å². The first-order valence-corrected chi connectivity index (χ1v) is 9.99. The van der Waals surface area contributed by atoms with Gasteiger partial charge in [-0.2, -0.15) is 0 Å². The summed E-state index contributed by atoms with van der Waals surface area (Å²) in [5.74, 6) is 0.925. The van der Waals surface area contributed by atoms with Crippen molar-refractivity contribution in [2.45, 2.75) is 26.8 Å². The van der Waals surface area contributed by atoms with E-state index in [4.69, 9.17) is 10.7 Å². The Bertz CT molecular complexity index is 808. The van der Waals surface area contributed by atoms with Crippen molar-refractivity contribution in [3.63, 3.8) is 0 Å². The smallest absolute Gasteiger partial charge is 0.198 e. The molecular weight excluding hydrogens is 346 g/mol. The van der Waals surface area contributed by atoms with Gasteiger partial charge in [-0.05, 0) is 53.8 Å². The molecule has 3 rings (SSSR count). The van der Waals surface area contributed by atoms with E-state index in [0.29, 0.717) is 13.1 Å². The lowest BCUT2D eigenvalue weighted by atomic mass is 9.94. The molecule has 0 unspecified atom stereocenters. The molecule has 0 saturated heterocycles. The van der Waals surface area contributed by atoms with Crippen LogP contribution in [0, 0.1) is 5.41 Å². The normalized spacial score (nSPS) is 14.6. The minimum Gasteiger partial charge on any atom is -0.378 e. The number of guanidine groups is 1. The number of hydrogen-bond acceptors (Lipinski definition) is 3. The molecule has 0 aliphatic carbocycles. The van der Waals surface area contributed by atoms with Gasteiger partial charge in [-0.1, -0.05) is 38.1 Å². The summed E-state index contributed by atoms with van der Waals surface area (Å²) in [4.78, 5) is 9.40. The molecule has 0 fully saturated rings. The van der Waals surface area contributed by atoms with E-state index in [1.807, 2.05) is 0 Å². The maximum absolute atomic E-state index is 5.92. The van der Waals surface area contributed by atoms with Crippen molar-refractivity contribution < 1.29 is 0 Å². The summed E-state index contributed by atoms with van der Waals surface area (Å²) >= 11 is 0. The van der Waals surface area contributed by atoms with E-state index in [1.54, 1.807) is 0 Å². The molecule has 0 amide bonds. The molecule has 150 valence electrons. The summed E-state index contributed by atoms with van der Waals surface area (Å²) in [5, 5.41) is 3.56. The van der Waals surface area contributed by atoms with Gasteiger partial charge >= 0.3 is 0 Å². The summed E-state index contributed by atoms with van der Waals surface area (Å²) < 4.78 is 0. The Morgan fingerprint density at radius 1 is 1.11 bits per heavy atom.